The predicted octanol–water partition coefficient (Wildman–Crippen LogP) is 4.81. The van der Waals surface area contributed by atoms with Gasteiger partial charge in [-0.2, -0.15) is 11.8 Å². The van der Waals surface area contributed by atoms with Crippen LogP contribution in [0, 0.1) is 6.92 Å². The minimum Gasteiger partial charge on any atom is -0.326 e. The van der Waals surface area contributed by atoms with Gasteiger partial charge < -0.3 is 10.6 Å². The van der Waals surface area contributed by atoms with Gasteiger partial charge >= 0.3 is 0 Å². The largest absolute Gasteiger partial charge is 0.326 e. The average Bonchev–Trinajstić information content (AvgIpc) is 2.61. The Morgan fingerprint density at radius 1 is 0.962 bits per heavy atom. The SMILES string of the molecule is CSc1cccc(NC(=O)CSCCCC(=O)Nc2cccc(C)c2)c1. The zero-order valence-electron chi connectivity index (χ0n) is 15.1. The summed E-state index contributed by atoms with van der Waals surface area (Å²) in [5.74, 6) is 1.16. The van der Waals surface area contributed by atoms with Crippen molar-refractivity contribution in [1.82, 2.24) is 0 Å². The summed E-state index contributed by atoms with van der Waals surface area (Å²) in [6.45, 7) is 1.99. The third-order valence-electron chi connectivity index (χ3n) is 3.58. The highest BCUT2D eigenvalue weighted by Gasteiger charge is 2.05. The molecule has 0 bridgehead atoms. The highest BCUT2D eigenvalue weighted by molar-refractivity contribution is 8.00. The van der Waals surface area contributed by atoms with E-state index in [2.05, 4.69) is 10.6 Å². The summed E-state index contributed by atoms with van der Waals surface area (Å²) in [7, 11) is 0. The molecule has 2 N–H and O–H groups in total. The summed E-state index contributed by atoms with van der Waals surface area (Å²) in [6.07, 6.45) is 3.21. The fraction of sp³-hybridized carbons (Fsp3) is 0.300. The van der Waals surface area contributed by atoms with Crippen LogP contribution in [0.15, 0.2) is 53.4 Å². The van der Waals surface area contributed by atoms with Gasteiger partial charge in [0.1, 0.15) is 0 Å². The van der Waals surface area contributed by atoms with Crippen molar-refractivity contribution in [3.8, 4) is 0 Å². The summed E-state index contributed by atoms with van der Waals surface area (Å²) in [4.78, 5) is 25.0. The van der Waals surface area contributed by atoms with Gasteiger partial charge in [-0.15, -0.1) is 11.8 Å². The van der Waals surface area contributed by atoms with Crippen LogP contribution in [-0.4, -0.2) is 29.6 Å². The van der Waals surface area contributed by atoms with E-state index in [-0.39, 0.29) is 11.8 Å². The Labute approximate surface area is 163 Å². The maximum Gasteiger partial charge on any atom is 0.234 e. The molecule has 2 aromatic rings. The lowest BCUT2D eigenvalue weighted by molar-refractivity contribution is -0.116. The van der Waals surface area contributed by atoms with E-state index in [0.717, 1.165) is 34.0 Å². The Balaban J connectivity index is 1.60. The van der Waals surface area contributed by atoms with Gasteiger partial charge in [-0.1, -0.05) is 18.2 Å². The molecule has 0 saturated heterocycles. The molecule has 0 heterocycles. The van der Waals surface area contributed by atoms with Crippen molar-refractivity contribution >= 4 is 46.7 Å². The molecule has 26 heavy (non-hydrogen) atoms. The molecule has 0 fully saturated rings. The maximum atomic E-state index is 12.0. The molecule has 0 radical (unpaired) electrons. The molecule has 0 aromatic heterocycles. The van der Waals surface area contributed by atoms with E-state index in [1.165, 1.54) is 0 Å². The van der Waals surface area contributed by atoms with Gasteiger partial charge in [0.2, 0.25) is 11.8 Å². The van der Waals surface area contributed by atoms with E-state index in [1.54, 1.807) is 23.5 Å². The lowest BCUT2D eigenvalue weighted by Crippen LogP contribution is -2.15. The minimum atomic E-state index is -0.0162. The first-order chi connectivity index (χ1) is 12.6. The van der Waals surface area contributed by atoms with Crippen LogP contribution < -0.4 is 10.6 Å². The van der Waals surface area contributed by atoms with E-state index in [9.17, 15) is 9.59 Å². The van der Waals surface area contributed by atoms with E-state index in [0.29, 0.717) is 12.2 Å². The third kappa shape index (κ3) is 7.54. The summed E-state index contributed by atoms with van der Waals surface area (Å²) in [6, 6.07) is 15.5. The van der Waals surface area contributed by atoms with E-state index in [4.69, 9.17) is 0 Å². The predicted molar refractivity (Wildman–Crippen MR) is 113 cm³/mol. The van der Waals surface area contributed by atoms with Gasteiger partial charge in [-0.3, -0.25) is 9.59 Å². The number of aryl methyl sites for hydroxylation is 1. The molecule has 138 valence electrons. The number of benzene rings is 2. The fourth-order valence-electron chi connectivity index (χ4n) is 2.34. The van der Waals surface area contributed by atoms with Crippen molar-refractivity contribution in [2.75, 3.05) is 28.4 Å². The average molecular weight is 389 g/mol. The van der Waals surface area contributed by atoms with Crippen molar-refractivity contribution in [3.63, 3.8) is 0 Å². The Kier molecular flexibility index (Phi) is 8.58. The Morgan fingerprint density at radius 2 is 1.65 bits per heavy atom. The van der Waals surface area contributed by atoms with Gasteiger partial charge in [-0.05, 0) is 61.2 Å². The zero-order valence-corrected chi connectivity index (χ0v) is 16.7. The number of amides is 2. The van der Waals surface area contributed by atoms with Crippen molar-refractivity contribution < 1.29 is 9.59 Å². The molecule has 2 aromatic carbocycles. The van der Waals surface area contributed by atoms with Crippen LogP contribution in [0.2, 0.25) is 0 Å². The molecule has 0 aliphatic rings. The van der Waals surface area contributed by atoms with Gasteiger partial charge in [0.25, 0.3) is 0 Å². The normalized spacial score (nSPS) is 10.4. The Morgan fingerprint density at radius 3 is 2.38 bits per heavy atom. The van der Waals surface area contributed by atoms with Crippen molar-refractivity contribution in [2.45, 2.75) is 24.7 Å². The topological polar surface area (TPSA) is 58.2 Å². The van der Waals surface area contributed by atoms with Crippen LogP contribution in [-0.2, 0) is 9.59 Å². The first-order valence-corrected chi connectivity index (χ1v) is 10.8. The number of anilines is 2. The van der Waals surface area contributed by atoms with Crippen LogP contribution in [0.25, 0.3) is 0 Å². The summed E-state index contributed by atoms with van der Waals surface area (Å²) >= 11 is 3.19. The summed E-state index contributed by atoms with van der Waals surface area (Å²) in [5.41, 5.74) is 2.77. The van der Waals surface area contributed by atoms with Crippen LogP contribution in [0.3, 0.4) is 0 Å². The quantitative estimate of drug-likeness (QED) is 0.478. The van der Waals surface area contributed by atoms with Crippen LogP contribution >= 0.6 is 23.5 Å². The van der Waals surface area contributed by atoms with Crippen LogP contribution in [0.1, 0.15) is 18.4 Å². The molecule has 0 saturated carbocycles. The van der Waals surface area contributed by atoms with Crippen LogP contribution in [0.5, 0.6) is 0 Å². The molecular weight excluding hydrogens is 364 g/mol. The molecule has 0 unspecified atom stereocenters. The number of thioether (sulfide) groups is 2. The number of hydrogen-bond donors (Lipinski definition) is 2. The molecule has 4 nitrogen and oxygen atoms in total. The minimum absolute atomic E-state index is 0.00883. The second kappa shape index (κ2) is 10.9. The van der Waals surface area contributed by atoms with Crippen LogP contribution in [0.4, 0.5) is 11.4 Å². The molecule has 0 atom stereocenters. The number of rotatable bonds is 9. The van der Waals surface area contributed by atoms with Crippen molar-refractivity contribution in [3.05, 3.63) is 54.1 Å². The highest BCUT2D eigenvalue weighted by atomic mass is 32.2. The first-order valence-electron chi connectivity index (χ1n) is 8.45. The molecule has 0 aliphatic heterocycles. The van der Waals surface area contributed by atoms with E-state index < -0.39 is 0 Å². The summed E-state index contributed by atoms with van der Waals surface area (Å²) < 4.78 is 0. The number of carbonyl (C=O) groups excluding carboxylic acids is 2. The van der Waals surface area contributed by atoms with E-state index in [1.807, 2.05) is 61.7 Å². The lowest BCUT2D eigenvalue weighted by Gasteiger charge is -2.07. The maximum absolute atomic E-state index is 12.0. The van der Waals surface area contributed by atoms with Gasteiger partial charge in [0.15, 0.2) is 0 Å². The zero-order chi connectivity index (χ0) is 18.8. The van der Waals surface area contributed by atoms with Gasteiger partial charge in [-0.25, -0.2) is 0 Å². The molecule has 2 rings (SSSR count). The van der Waals surface area contributed by atoms with Crippen molar-refractivity contribution in [1.29, 1.82) is 0 Å². The standard InChI is InChI=1S/C20H24N2O2S2/c1-15-6-3-7-16(12-15)21-19(23)10-5-11-26-14-20(24)22-17-8-4-9-18(13-17)25-2/h3-4,6-9,12-13H,5,10-11,14H2,1-2H3,(H,21,23)(H,22,24). The monoisotopic (exact) mass is 388 g/mol. The second-order valence-corrected chi connectivity index (χ2v) is 7.84. The Bertz CT molecular complexity index is 750. The molecule has 6 heteroatoms. The van der Waals surface area contributed by atoms with E-state index >= 15 is 0 Å². The van der Waals surface area contributed by atoms with Gasteiger partial charge in [0.05, 0.1) is 5.75 Å². The highest BCUT2D eigenvalue weighted by Crippen LogP contribution is 2.19. The number of hydrogen-bond acceptors (Lipinski definition) is 4. The van der Waals surface area contributed by atoms with Crippen molar-refractivity contribution in [2.24, 2.45) is 0 Å². The fourth-order valence-corrected chi connectivity index (χ4v) is 3.55. The molecular formula is C20H24N2O2S2. The second-order valence-electron chi connectivity index (χ2n) is 5.85. The number of carbonyl (C=O) groups is 2. The summed E-state index contributed by atoms with van der Waals surface area (Å²) in [5, 5.41) is 5.80. The van der Waals surface area contributed by atoms with Gasteiger partial charge in [0, 0.05) is 22.7 Å². The molecule has 2 amide bonds. The first kappa shape index (κ1) is 20.4. The smallest absolute Gasteiger partial charge is 0.234 e. The Hall–Kier alpha value is -1.92. The third-order valence-corrected chi connectivity index (χ3v) is 5.35. The lowest BCUT2D eigenvalue weighted by atomic mass is 10.2. The number of nitrogens with one attached hydrogen (secondary N) is 2. The molecule has 0 spiro atoms. The molecule has 0 aliphatic carbocycles.